The maximum Gasteiger partial charge on any atom is 0.0724 e. The Morgan fingerprint density at radius 1 is 1.12 bits per heavy atom. The van der Waals surface area contributed by atoms with Gasteiger partial charge in [-0.15, -0.1) is 0 Å². The second kappa shape index (κ2) is 6.06. The fourth-order valence-electron chi connectivity index (χ4n) is 1.34. The van der Waals surface area contributed by atoms with Crippen molar-refractivity contribution in [1.82, 2.24) is 0 Å². The minimum atomic E-state index is -0.0748. The highest BCUT2D eigenvalue weighted by molar-refractivity contribution is 5.44. The van der Waals surface area contributed by atoms with Gasteiger partial charge in [0.05, 0.1) is 12.2 Å². The van der Waals surface area contributed by atoms with Gasteiger partial charge >= 0.3 is 0 Å². The third-order valence-corrected chi connectivity index (χ3v) is 2.34. The van der Waals surface area contributed by atoms with Crippen molar-refractivity contribution in [3.05, 3.63) is 29.8 Å². The zero-order valence-corrected chi connectivity index (χ0v) is 11.7. The second-order valence-electron chi connectivity index (χ2n) is 5.87. The molecule has 96 valence electrons. The molecular formula is C15H25NO. The van der Waals surface area contributed by atoms with Gasteiger partial charge in [0.15, 0.2) is 0 Å². The topological polar surface area (TPSA) is 21.3 Å². The SMILES string of the molecule is CC(C)CNc1ccc(COC(C)(C)C)cc1. The fraction of sp³-hybridized carbons (Fsp3) is 0.600. The summed E-state index contributed by atoms with van der Waals surface area (Å²) in [5.41, 5.74) is 2.32. The van der Waals surface area contributed by atoms with Gasteiger partial charge in [-0.2, -0.15) is 0 Å². The number of nitrogens with one attached hydrogen (secondary N) is 1. The summed E-state index contributed by atoms with van der Waals surface area (Å²) in [5.74, 6) is 0.666. The van der Waals surface area contributed by atoms with Crippen molar-refractivity contribution >= 4 is 5.69 Å². The van der Waals surface area contributed by atoms with E-state index in [1.165, 1.54) is 11.3 Å². The lowest BCUT2D eigenvalue weighted by molar-refractivity contribution is -0.0149. The largest absolute Gasteiger partial charge is 0.385 e. The molecule has 0 unspecified atom stereocenters. The summed E-state index contributed by atoms with van der Waals surface area (Å²) in [6.07, 6.45) is 0. The second-order valence-corrected chi connectivity index (χ2v) is 5.87. The predicted octanol–water partition coefficient (Wildman–Crippen LogP) is 4.07. The number of anilines is 1. The summed E-state index contributed by atoms with van der Waals surface area (Å²) in [4.78, 5) is 0. The first-order valence-corrected chi connectivity index (χ1v) is 6.33. The van der Waals surface area contributed by atoms with E-state index in [0.29, 0.717) is 12.5 Å². The smallest absolute Gasteiger partial charge is 0.0724 e. The molecule has 0 spiro atoms. The van der Waals surface area contributed by atoms with Crippen LogP contribution in [0, 0.1) is 5.92 Å². The third-order valence-electron chi connectivity index (χ3n) is 2.34. The molecule has 0 aliphatic rings. The van der Waals surface area contributed by atoms with Crippen LogP contribution in [0.1, 0.15) is 40.2 Å². The van der Waals surface area contributed by atoms with Crippen molar-refractivity contribution in [2.24, 2.45) is 5.92 Å². The van der Waals surface area contributed by atoms with Crippen molar-refractivity contribution in [2.45, 2.75) is 46.8 Å². The van der Waals surface area contributed by atoms with E-state index in [-0.39, 0.29) is 5.60 Å². The van der Waals surface area contributed by atoms with E-state index in [2.05, 4.69) is 64.2 Å². The lowest BCUT2D eigenvalue weighted by Crippen LogP contribution is -2.18. The molecule has 1 rings (SSSR count). The minimum absolute atomic E-state index is 0.0748. The Balaban J connectivity index is 2.45. The van der Waals surface area contributed by atoms with Crippen molar-refractivity contribution in [3.8, 4) is 0 Å². The van der Waals surface area contributed by atoms with E-state index in [1.54, 1.807) is 0 Å². The van der Waals surface area contributed by atoms with Crippen LogP contribution in [0.15, 0.2) is 24.3 Å². The van der Waals surface area contributed by atoms with E-state index in [0.717, 1.165) is 6.54 Å². The summed E-state index contributed by atoms with van der Waals surface area (Å²) in [6.45, 7) is 12.3. The molecule has 0 saturated carbocycles. The summed E-state index contributed by atoms with van der Waals surface area (Å²) >= 11 is 0. The predicted molar refractivity (Wildman–Crippen MR) is 74.3 cm³/mol. The monoisotopic (exact) mass is 235 g/mol. The van der Waals surface area contributed by atoms with Crippen molar-refractivity contribution in [2.75, 3.05) is 11.9 Å². The third kappa shape index (κ3) is 6.32. The standard InChI is InChI=1S/C15H25NO/c1-12(2)10-16-14-8-6-13(7-9-14)11-17-15(3,4)5/h6-9,12,16H,10-11H2,1-5H3. The number of ether oxygens (including phenoxy) is 1. The Bertz CT molecular complexity index is 322. The molecule has 0 heterocycles. The molecule has 0 amide bonds. The number of rotatable bonds is 5. The summed E-state index contributed by atoms with van der Waals surface area (Å²) in [6, 6.07) is 8.47. The Morgan fingerprint density at radius 2 is 1.71 bits per heavy atom. The van der Waals surface area contributed by atoms with Gasteiger partial charge in [-0.25, -0.2) is 0 Å². The average Bonchev–Trinajstić information content (AvgIpc) is 2.24. The maximum absolute atomic E-state index is 5.73. The molecular weight excluding hydrogens is 210 g/mol. The van der Waals surface area contributed by atoms with E-state index < -0.39 is 0 Å². The zero-order chi connectivity index (χ0) is 12.9. The molecule has 1 aromatic carbocycles. The molecule has 0 bridgehead atoms. The highest BCUT2D eigenvalue weighted by Crippen LogP contribution is 2.14. The van der Waals surface area contributed by atoms with Gasteiger partial charge in [-0.1, -0.05) is 26.0 Å². The first-order chi connectivity index (χ1) is 7.87. The molecule has 1 aromatic rings. The molecule has 2 heteroatoms. The molecule has 0 aliphatic carbocycles. The van der Waals surface area contributed by atoms with E-state index in [1.807, 2.05) is 0 Å². The van der Waals surface area contributed by atoms with Gasteiger partial charge in [0.2, 0.25) is 0 Å². The zero-order valence-electron chi connectivity index (χ0n) is 11.7. The molecule has 0 fully saturated rings. The first-order valence-electron chi connectivity index (χ1n) is 6.33. The van der Waals surface area contributed by atoms with Crippen LogP contribution in [0.2, 0.25) is 0 Å². The Kier molecular flexibility index (Phi) is 5.01. The molecule has 1 N–H and O–H groups in total. The first kappa shape index (κ1) is 14.0. The minimum Gasteiger partial charge on any atom is -0.385 e. The Hall–Kier alpha value is -1.02. The van der Waals surface area contributed by atoms with E-state index in [9.17, 15) is 0 Å². The fourth-order valence-corrected chi connectivity index (χ4v) is 1.34. The molecule has 0 aliphatic heterocycles. The van der Waals surface area contributed by atoms with Gasteiger partial charge < -0.3 is 10.1 Å². The number of hydrogen-bond acceptors (Lipinski definition) is 2. The Morgan fingerprint density at radius 3 is 2.18 bits per heavy atom. The maximum atomic E-state index is 5.73. The van der Waals surface area contributed by atoms with Crippen LogP contribution >= 0.6 is 0 Å². The number of benzene rings is 1. The van der Waals surface area contributed by atoms with Crippen molar-refractivity contribution in [1.29, 1.82) is 0 Å². The molecule has 2 nitrogen and oxygen atoms in total. The molecule has 0 atom stereocenters. The van der Waals surface area contributed by atoms with Crippen LogP contribution in [-0.2, 0) is 11.3 Å². The van der Waals surface area contributed by atoms with Crippen LogP contribution in [0.4, 0.5) is 5.69 Å². The van der Waals surface area contributed by atoms with Crippen LogP contribution in [-0.4, -0.2) is 12.1 Å². The van der Waals surface area contributed by atoms with Gasteiger partial charge in [0.25, 0.3) is 0 Å². The number of hydrogen-bond donors (Lipinski definition) is 1. The van der Waals surface area contributed by atoms with Crippen LogP contribution in [0.25, 0.3) is 0 Å². The molecule has 0 saturated heterocycles. The van der Waals surface area contributed by atoms with Gasteiger partial charge in [-0.3, -0.25) is 0 Å². The van der Waals surface area contributed by atoms with Crippen molar-refractivity contribution < 1.29 is 4.74 Å². The summed E-state index contributed by atoms with van der Waals surface area (Å²) < 4.78 is 5.73. The van der Waals surface area contributed by atoms with E-state index >= 15 is 0 Å². The lowest BCUT2D eigenvalue weighted by atomic mass is 10.1. The van der Waals surface area contributed by atoms with Crippen LogP contribution in [0.3, 0.4) is 0 Å². The van der Waals surface area contributed by atoms with Gasteiger partial charge in [-0.05, 0) is 44.4 Å². The van der Waals surface area contributed by atoms with Crippen molar-refractivity contribution in [3.63, 3.8) is 0 Å². The van der Waals surface area contributed by atoms with Crippen LogP contribution < -0.4 is 5.32 Å². The molecule has 17 heavy (non-hydrogen) atoms. The lowest BCUT2D eigenvalue weighted by Gasteiger charge is -2.19. The normalized spacial score (nSPS) is 11.9. The van der Waals surface area contributed by atoms with Crippen LogP contribution in [0.5, 0.6) is 0 Å². The van der Waals surface area contributed by atoms with E-state index in [4.69, 9.17) is 4.74 Å². The molecule has 0 aromatic heterocycles. The molecule has 0 radical (unpaired) electrons. The average molecular weight is 235 g/mol. The summed E-state index contributed by atoms with van der Waals surface area (Å²) in [7, 11) is 0. The quantitative estimate of drug-likeness (QED) is 0.830. The highest BCUT2D eigenvalue weighted by atomic mass is 16.5. The Labute approximate surface area is 105 Å². The van der Waals surface area contributed by atoms with Gasteiger partial charge in [0.1, 0.15) is 0 Å². The van der Waals surface area contributed by atoms with Gasteiger partial charge in [0, 0.05) is 12.2 Å². The summed E-state index contributed by atoms with van der Waals surface area (Å²) in [5, 5.41) is 3.40. The highest BCUT2D eigenvalue weighted by Gasteiger charge is 2.09.